The van der Waals surface area contributed by atoms with Crippen LogP contribution < -0.4 is 11.1 Å². The third kappa shape index (κ3) is 4.21. The first-order valence-electron chi connectivity index (χ1n) is 7.39. The van der Waals surface area contributed by atoms with Gasteiger partial charge in [-0.1, -0.05) is 0 Å². The zero-order valence-corrected chi connectivity index (χ0v) is 14.0. The molecular formula is C16H16N6O2S. The van der Waals surface area contributed by atoms with Gasteiger partial charge in [0.15, 0.2) is 0 Å². The van der Waals surface area contributed by atoms with E-state index in [1.165, 1.54) is 18.0 Å². The SMILES string of the molecule is N/C=C(\C=NCC(=O)O)Nc1ncc2ccn(Cc3ccsc3)c2n1. The maximum absolute atomic E-state index is 10.5. The molecule has 0 aliphatic carbocycles. The zero-order chi connectivity index (χ0) is 17.6. The molecule has 0 aliphatic heterocycles. The fourth-order valence-corrected chi connectivity index (χ4v) is 2.87. The first kappa shape index (κ1) is 16.7. The van der Waals surface area contributed by atoms with Crippen molar-refractivity contribution >= 4 is 40.5 Å². The first-order chi connectivity index (χ1) is 12.2. The molecule has 25 heavy (non-hydrogen) atoms. The molecule has 8 nitrogen and oxygen atoms in total. The maximum atomic E-state index is 10.5. The molecule has 0 atom stereocenters. The minimum atomic E-state index is -1.02. The molecule has 3 heterocycles. The molecule has 0 saturated carbocycles. The van der Waals surface area contributed by atoms with Crippen molar-refractivity contribution < 1.29 is 9.90 Å². The van der Waals surface area contributed by atoms with Crippen LogP contribution in [0.3, 0.4) is 0 Å². The van der Waals surface area contributed by atoms with Gasteiger partial charge in [0.25, 0.3) is 0 Å². The largest absolute Gasteiger partial charge is 0.480 e. The van der Waals surface area contributed by atoms with Gasteiger partial charge in [-0.3, -0.25) is 9.79 Å². The van der Waals surface area contributed by atoms with Crippen LogP contribution in [0.5, 0.6) is 0 Å². The molecular weight excluding hydrogens is 340 g/mol. The van der Waals surface area contributed by atoms with Gasteiger partial charge in [0.05, 0.1) is 5.70 Å². The number of nitrogens with two attached hydrogens (primary N) is 1. The Morgan fingerprint density at radius 2 is 2.36 bits per heavy atom. The quantitative estimate of drug-likeness (QED) is 0.557. The van der Waals surface area contributed by atoms with Crippen molar-refractivity contribution in [2.75, 3.05) is 11.9 Å². The highest BCUT2D eigenvalue weighted by molar-refractivity contribution is 7.07. The molecule has 0 aliphatic rings. The van der Waals surface area contributed by atoms with E-state index in [1.807, 2.05) is 22.2 Å². The van der Waals surface area contributed by atoms with Crippen molar-refractivity contribution in [3.05, 3.63) is 52.7 Å². The Labute approximate surface area is 147 Å². The summed E-state index contributed by atoms with van der Waals surface area (Å²) >= 11 is 1.65. The number of aromatic nitrogens is 3. The molecule has 0 spiro atoms. The summed E-state index contributed by atoms with van der Waals surface area (Å²) in [6.45, 7) is 0.394. The van der Waals surface area contributed by atoms with Crippen LogP contribution in [0.1, 0.15) is 5.56 Å². The average molecular weight is 356 g/mol. The molecule has 9 heteroatoms. The average Bonchev–Trinajstić information content (AvgIpc) is 3.24. The molecule has 0 unspecified atom stereocenters. The monoisotopic (exact) mass is 356 g/mol. The highest BCUT2D eigenvalue weighted by Crippen LogP contribution is 2.17. The van der Waals surface area contributed by atoms with E-state index < -0.39 is 5.97 Å². The third-order valence-electron chi connectivity index (χ3n) is 3.33. The summed E-state index contributed by atoms with van der Waals surface area (Å²) < 4.78 is 2.04. The number of carboxylic acid groups (broad SMARTS) is 1. The number of hydrogen-bond acceptors (Lipinski definition) is 7. The minimum Gasteiger partial charge on any atom is -0.480 e. The summed E-state index contributed by atoms with van der Waals surface area (Å²) in [5.74, 6) is -0.659. The molecule has 0 aromatic carbocycles. The molecule has 3 aromatic heterocycles. The van der Waals surface area contributed by atoms with Gasteiger partial charge < -0.3 is 20.7 Å². The number of hydrogen-bond donors (Lipinski definition) is 3. The fraction of sp³-hybridized carbons (Fsp3) is 0.125. The van der Waals surface area contributed by atoms with Crippen molar-refractivity contribution in [3.8, 4) is 0 Å². The van der Waals surface area contributed by atoms with Gasteiger partial charge in [-0.2, -0.15) is 16.3 Å². The van der Waals surface area contributed by atoms with Crippen LogP contribution in [0.15, 0.2) is 52.2 Å². The number of aliphatic imine (C=N–C) groups is 1. The lowest BCUT2D eigenvalue weighted by atomic mass is 10.3. The van der Waals surface area contributed by atoms with Crippen LogP contribution in [0, 0.1) is 0 Å². The number of rotatable bonds is 7. The molecule has 0 amide bonds. The molecule has 0 radical (unpaired) electrons. The Morgan fingerprint density at radius 1 is 1.48 bits per heavy atom. The number of carboxylic acids is 1. The van der Waals surface area contributed by atoms with Gasteiger partial charge in [0.1, 0.15) is 12.2 Å². The second-order valence-corrected chi connectivity index (χ2v) is 5.94. The van der Waals surface area contributed by atoms with Crippen molar-refractivity contribution in [2.45, 2.75) is 6.54 Å². The number of allylic oxidation sites excluding steroid dienone is 1. The Kier molecular flexibility index (Phi) is 5.05. The number of nitrogens with zero attached hydrogens (tertiary/aromatic N) is 4. The Bertz CT molecular complexity index is 929. The number of thiophene rings is 1. The van der Waals surface area contributed by atoms with Crippen LogP contribution >= 0.6 is 11.3 Å². The summed E-state index contributed by atoms with van der Waals surface area (Å²) in [7, 11) is 0. The summed E-state index contributed by atoms with van der Waals surface area (Å²) in [6, 6.07) is 4.03. The van der Waals surface area contributed by atoms with E-state index in [-0.39, 0.29) is 6.54 Å². The Hall–Kier alpha value is -3.20. The molecule has 128 valence electrons. The third-order valence-corrected chi connectivity index (χ3v) is 4.06. The molecule has 0 saturated heterocycles. The number of nitrogens with one attached hydrogen (secondary N) is 1. The highest BCUT2D eigenvalue weighted by Gasteiger charge is 2.07. The van der Waals surface area contributed by atoms with Crippen molar-refractivity contribution in [1.82, 2.24) is 14.5 Å². The number of fused-ring (bicyclic) bond motifs is 1. The molecule has 0 fully saturated rings. The first-order valence-corrected chi connectivity index (χ1v) is 8.33. The summed E-state index contributed by atoms with van der Waals surface area (Å²) in [5.41, 5.74) is 7.94. The summed E-state index contributed by atoms with van der Waals surface area (Å²) in [5, 5.41) is 16.6. The van der Waals surface area contributed by atoms with Gasteiger partial charge in [0, 0.05) is 36.7 Å². The lowest BCUT2D eigenvalue weighted by Gasteiger charge is -2.07. The Balaban J connectivity index is 1.80. The van der Waals surface area contributed by atoms with Crippen molar-refractivity contribution in [3.63, 3.8) is 0 Å². The normalized spacial score (nSPS) is 12.1. The van der Waals surface area contributed by atoms with E-state index in [2.05, 4.69) is 31.7 Å². The standard InChI is InChI=1S/C16H16N6O2S/c17-5-13(7-18-8-14(23)24)20-16-19-6-12-1-3-22(15(12)21-16)9-11-2-4-25-10-11/h1-7,10H,8-9,17H2,(H,23,24)(H,19,20,21)/b13-5+,18-7?. The van der Waals surface area contributed by atoms with Crippen molar-refractivity contribution in [2.24, 2.45) is 10.7 Å². The van der Waals surface area contributed by atoms with E-state index in [9.17, 15) is 4.79 Å². The van der Waals surface area contributed by atoms with E-state index >= 15 is 0 Å². The second-order valence-electron chi connectivity index (χ2n) is 5.16. The topological polar surface area (TPSA) is 118 Å². The molecule has 4 N–H and O–H groups in total. The predicted molar refractivity (Wildman–Crippen MR) is 97.8 cm³/mol. The minimum absolute atomic E-state index is 0.331. The number of anilines is 1. The van der Waals surface area contributed by atoms with Crippen LogP contribution in [-0.4, -0.2) is 38.4 Å². The lowest BCUT2D eigenvalue weighted by molar-refractivity contribution is -0.135. The van der Waals surface area contributed by atoms with Crippen LogP contribution in [0.2, 0.25) is 0 Å². The molecule has 0 bridgehead atoms. The van der Waals surface area contributed by atoms with Gasteiger partial charge in [0.2, 0.25) is 5.95 Å². The van der Waals surface area contributed by atoms with Gasteiger partial charge >= 0.3 is 5.97 Å². The summed E-state index contributed by atoms with van der Waals surface area (Å²) in [4.78, 5) is 23.0. The number of aliphatic carboxylic acids is 1. The van der Waals surface area contributed by atoms with E-state index in [0.29, 0.717) is 11.6 Å². The zero-order valence-electron chi connectivity index (χ0n) is 13.2. The second kappa shape index (κ2) is 7.58. The van der Waals surface area contributed by atoms with E-state index in [0.717, 1.165) is 17.6 Å². The van der Waals surface area contributed by atoms with Gasteiger partial charge in [-0.25, -0.2) is 4.98 Å². The van der Waals surface area contributed by atoms with Crippen LogP contribution in [0.4, 0.5) is 5.95 Å². The van der Waals surface area contributed by atoms with E-state index in [4.69, 9.17) is 10.8 Å². The van der Waals surface area contributed by atoms with Gasteiger partial charge in [-0.15, -0.1) is 0 Å². The predicted octanol–water partition coefficient (Wildman–Crippen LogP) is 1.91. The van der Waals surface area contributed by atoms with Crippen molar-refractivity contribution in [1.29, 1.82) is 0 Å². The number of carbonyl (C=O) groups is 1. The fourth-order valence-electron chi connectivity index (χ4n) is 2.21. The van der Waals surface area contributed by atoms with Crippen LogP contribution in [-0.2, 0) is 11.3 Å². The molecule has 3 rings (SSSR count). The summed E-state index contributed by atoms with van der Waals surface area (Å²) in [6.07, 6.45) is 6.31. The smallest absolute Gasteiger partial charge is 0.325 e. The van der Waals surface area contributed by atoms with Gasteiger partial charge in [-0.05, 0) is 28.5 Å². The Morgan fingerprint density at radius 3 is 3.08 bits per heavy atom. The maximum Gasteiger partial charge on any atom is 0.325 e. The van der Waals surface area contributed by atoms with E-state index in [1.54, 1.807) is 17.5 Å². The lowest BCUT2D eigenvalue weighted by Crippen LogP contribution is -2.09. The highest BCUT2D eigenvalue weighted by atomic mass is 32.1. The molecule has 3 aromatic rings. The van der Waals surface area contributed by atoms with Crippen LogP contribution in [0.25, 0.3) is 11.0 Å².